The summed E-state index contributed by atoms with van der Waals surface area (Å²) >= 11 is 0. The van der Waals surface area contributed by atoms with Crippen LogP contribution in [-0.2, 0) is 27.4 Å². The third-order valence-electron chi connectivity index (χ3n) is 6.76. The van der Waals surface area contributed by atoms with Gasteiger partial charge in [0.2, 0.25) is 5.95 Å². The van der Waals surface area contributed by atoms with Crippen molar-refractivity contribution < 1.29 is 41.8 Å². The Morgan fingerprint density at radius 2 is 1.83 bits per heavy atom. The third-order valence-corrected chi connectivity index (χ3v) is 7.11. The first-order chi connectivity index (χ1) is 21.7. The summed E-state index contributed by atoms with van der Waals surface area (Å²) in [7, 11) is -0.0993. The van der Waals surface area contributed by atoms with E-state index in [9.17, 15) is 27.6 Å². The normalized spacial score (nSPS) is 12.1. The maximum atomic E-state index is 14.0. The van der Waals surface area contributed by atoms with E-state index in [1.54, 1.807) is 16.9 Å². The summed E-state index contributed by atoms with van der Waals surface area (Å²) in [5.74, 6) is -1.32. The molecular weight excluding hydrogens is 632 g/mol. The Morgan fingerprint density at radius 3 is 2.48 bits per heavy atom. The summed E-state index contributed by atoms with van der Waals surface area (Å²) in [6, 6.07) is 7.49. The number of anilines is 4. The molecule has 0 saturated heterocycles. The molecule has 244 valence electrons. The minimum absolute atomic E-state index is 0.0487. The highest BCUT2D eigenvalue weighted by atomic mass is 31.1. The van der Waals surface area contributed by atoms with Crippen LogP contribution in [0.5, 0.6) is 5.75 Å². The van der Waals surface area contributed by atoms with Crippen LogP contribution in [-0.4, -0.2) is 61.4 Å². The van der Waals surface area contributed by atoms with Gasteiger partial charge in [0, 0.05) is 36.2 Å². The van der Waals surface area contributed by atoms with E-state index in [2.05, 4.69) is 36.0 Å². The Labute approximate surface area is 262 Å². The molecule has 0 aliphatic rings. The Hall–Kier alpha value is -4.70. The van der Waals surface area contributed by atoms with Gasteiger partial charge in [-0.3, -0.25) is 9.48 Å². The molecule has 1 aromatic carbocycles. The molecule has 3 aromatic heterocycles. The third kappa shape index (κ3) is 8.11. The molecule has 4 rings (SSSR count). The summed E-state index contributed by atoms with van der Waals surface area (Å²) in [5.41, 5.74) is -0.308. The zero-order chi connectivity index (χ0) is 33.6. The van der Waals surface area contributed by atoms with Crippen molar-refractivity contribution in [3.8, 4) is 17.0 Å². The zero-order valence-electron chi connectivity index (χ0n) is 25.1. The van der Waals surface area contributed by atoms with Crippen LogP contribution in [0.4, 0.5) is 36.3 Å². The first-order valence-electron chi connectivity index (χ1n) is 13.6. The van der Waals surface area contributed by atoms with E-state index in [1.165, 1.54) is 44.6 Å². The standard InChI is InChI=1S/C28H30F3N8O6P/c1-27(2,9-10-40)39-14-17(12-34-39)19-7-8-21(23(35-19)25(41)32-3)36-24-18(28(29,30)31)13-33-26(38-24)37-20-6-5-16(11-22(20)44-4)15-45-46(42)43/h5-8,11-14,40H,9-10,15H2,1-4H3,(H3-,32,33,36,37,38,41,42,43)/p+1. The fourth-order valence-electron chi connectivity index (χ4n) is 4.24. The van der Waals surface area contributed by atoms with Crippen molar-refractivity contribution in [3.63, 3.8) is 0 Å². The number of nitrogens with one attached hydrogen (secondary N) is 3. The molecule has 4 aromatic rings. The molecule has 14 nitrogen and oxygen atoms in total. The molecule has 0 saturated carbocycles. The van der Waals surface area contributed by atoms with Crippen molar-refractivity contribution in [3.05, 3.63) is 65.7 Å². The lowest BCUT2D eigenvalue weighted by Gasteiger charge is -2.24. The average Bonchev–Trinajstić information content (AvgIpc) is 3.51. The Morgan fingerprint density at radius 1 is 1.09 bits per heavy atom. The van der Waals surface area contributed by atoms with Gasteiger partial charge in [-0.15, -0.1) is 9.42 Å². The molecule has 0 bridgehead atoms. The monoisotopic (exact) mass is 663 g/mol. The van der Waals surface area contributed by atoms with E-state index >= 15 is 0 Å². The Balaban J connectivity index is 1.69. The Kier molecular flexibility index (Phi) is 10.5. The number of rotatable bonds is 13. The van der Waals surface area contributed by atoms with Gasteiger partial charge in [0.05, 0.1) is 35.9 Å². The van der Waals surface area contributed by atoms with Crippen molar-refractivity contribution in [2.45, 2.75) is 38.6 Å². The molecule has 0 fully saturated rings. The second kappa shape index (κ2) is 14.2. The number of carbonyl (C=O) groups is 1. The lowest BCUT2D eigenvalue weighted by Crippen LogP contribution is -2.27. The molecule has 3 heterocycles. The van der Waals surface area contributed by atoms with Crippen LogP contribution in [0.15, 0.2) is 48.9 Å². The largest absolute Gasteiger partial charge is 0.695 e. The lowest BCUT2D eigenvalue weighted by molar-refractivity contribution is -0.137. The summed E-state index contributed by atoms with van der Waals surface area (Å²) in [5, 5.41) is 21.6. The van der Waals surface area contributed by atoms with E-state index < -0.39 is 37.3 Å². The first kappa shape index (κ1) is 34.2. The van der Waals surface area contributed by atoms with Gasteiger partial charge < -0.3 is 25.8 Å². The van der Waals surface area contributed by atoms with E-state index in [0.29, 0.717) is 29.4 Å². The van der Waals surface area contributed by atoms with E-state index in [0.717, 1.165) is 0 Å². The average molecular weight is 664 g/mol. The molecule has 0 radical (unpaired) electrons. The molecule has 1 atom stereocenters. The maximum Gasteiger partial charge on any atom is 0.695 e. The lowest BCUT2D eigenvalue weighted by atomic mass is 10.0. The molecular formula is C28H31F3N8O6P+. The van der Waals surface area contributed by atoms with Crippen LogP contribution < -0.4 is 20.7 Å². The minimum atomic E-state index is -4.86. The van der Waals surface area contributed by atoms with Crippen LogP contribution in [0.3, 0.4) is 0 Å². The highest BCUT2D eigenvalue weighted by Gasteiger charge is 2.36. The number of carbonyl (C=O) groups excluding carboxylic acids is 1. The summed E-state index contributed by atoms with van der Waals surface area (Å²) in [6.07, 6.45) is -0.594. The number of aliphatic hydroxyl groups excluding tert-OH is 1. The van der Waals surface area contributed by atoms with Crippen molar-refractivity contribution >= 4 is 37.3 Å². The molecule has 0 aliphatic heterocycles. The Bertz CT molecular complexity index is 1730. The van der Waals surface area contributed by atoms with E-state index in [4.69, 9.17) is 14.2 Å². The molecule has 0 spiro atoms. The second-order valence-electron chi connectivity index (χ2n) is 10.4. The number of aromatic nitrogens is 5. The van der Waals surface area contributed by atoms with Gasteiger partial charge in [-0.2, -0.15) is 23.3 Å². The highest BCUT2D eigenvalue weighted by Crippen LogP contribution is 2.37. The number of benzene rings is 1. The fraction of sp³-hybridized carbons (Fsp3) is 0.321. The number of ether oxygens (including phenoxy) is 1. The number of aliphatic hydroxyl groups is 1. The van der Waals surface area contributed by atoms with Crippen molar-refractivity contribution in [1.29, 1.82) is 0 Å². The van der Waals surface area contributed by atoms with Crippen LogP contribution in [0.1, 0.15) is 41.9 Å². The second-order valence-corrected chi connectivity index (χ2v) is 11.1. The predicted molar refractivity (Wildman–Crippen MR) is 161 cm³/mol. The van der Waals surface area contributed by atoms with Crippen LogP contribution in [0, 0.1) is 0 Å². The maximum absolute atomic E-state index is 14.0. The summed E-state index contributed by atoms with van der Waals surface area (Å²) in [6.45, 7) is 3.55. The number of amides is 1. The van der Waals surface area contributed by atoms with Gasteiger partial charge in [-0.1, -0.05) is 6.07 Å². The van der Waals surface area contributed by atoms with Gasteiger partial charge in [0.25, 0.3) is 5.91 Å². The molecule has 0 aliphatic carbocycles. The SMILES string of the molecule is CNC(=O)c1nc(-c2cnn(C(C)(C)CCO)c2)ccc1Nc1nc(Nc2ccc(CO[P+](=O)O)cc2OC)ncc1C(F)(F)F. The zero-order valence-corrected chi connectivity index (χ0v) is 26.0. The topological polar surface area (TPSA) is 186 Å². The van der Waals surface area contributed by atoms with Crippen molar-refractivity contribution in [2.75, 3.05) is 31.4 Å². The van der Waals surface area contributed by atoms with Gasteiger partial charge in [0.15, 0.2) is 5.69 Å². The number of methoxy groups -OCH3 is 1. The fourth-order valence-corrected chi connectivity index (χ4v) is 4.50. The van der Waals surface area contributed by atoms with Crippen molar-refractivity contribution in [1.82, 2.24) is 30.0 Å². The van der Waals surface area contributed by atoms with Gasteiger partial charge in [-0.05, 0) is 50.1 Å². The number of halogens is 3. The van der Waals surface area contributed by atoms with E-state index in [-0.39, 0.29) is 42.0 Å². The number of hydrogen-bond donors (Lipinski definition) is 5. The van der Waals surface area contributed by atoms with Crippen molar-refractivity contribution in [2.24, 2.45) is 0 Å². The molecule has 5 N–H and O–H groups in total. The van der Waals surface area contributed by atoms with Gasteiger partial charge >= 0.3 is 14.4 Å². The first-order valence-corrected chi connectivity index (χ1v) is 14.7. The highest BCUT2D eigenvalue weighted by molar-refractivity contribution is 7.32. The summed E-state index contributed by atoms with van der Waals surface area (Å²) < 4.78 is 64.6. The smallest absolute Gasteiger partial charge is 0.495 e. The van der Waals surface area contributed by atoms with Gasteiger partial charge in [-0.25, -0.2) is 9.97 Å². The minimum Gasteiger partial charge on any atom is -0.495 e. The quantitative estimate of drug-likeness (QED) is 0.122. The van der Waals surface area contributed by atoms with Crippen LogP contribution in [0.2, 0.25) is 0 Å². The number of nitrogens with zero attached hydrogens (tertiary/aromatic N) is 5. The van der Waals surface area contributed by atoms with E-state index in [1.807, 2.05) is 13.8 Å². The molecule has 46 heavy (non-hydrogen) atoms. The molecule has 1 unspecified atom stereocenters. The molecule has 18 heteroatoms. The number of pyridine rings is 1. The van der Waals surface area contributed by atoms with Crippen LogP contribution in [0.25, 0.3) is 11.3 Å². The number of hydrogen-bond acceptors (Lipinski definition) is 11. The number of alkyl halides is 3. The van der Waals surface area contributed by atoms with Gasteiger partial charge in [0.1, 0.15) is 23.7 Å². The summed E-state index contributed by atoms with van der Waals surface area (Å²) in [4.78, 5) is 34.0. The predicted octanol–water partition coefficient (Wildman–Crippen LogP) is 4.89. The van der Waals surface area contributed by atoms with Crippen LogP contribution >= 0.6 is 8.25 Å². The molecule has 1 amide bonds.